The number of pyridine rings is 1. The molecule has 0 saturated carbocycles. The highest BCUT2D eigenvalue weighted by Crippen LogP contribution is 2.20. The molecule has 3 heterocycles. The van der Waals surface area contributed by atoms with Crippen molar-refractivity contribution in [3.63, 3.8) is 0 Å². The van der Waals surface area contributed by atoms with Crippen LogP contribution in [0.4, 0.5) is 0 Å². The van der Waals surface area contributed by atoms with Crippen LogP contribution in [0, 0.1) is 6.92 Å². The van der Waals surface area contributed by atoms with Gasteiger partial charge in [0.1, 0.15) is 0 Å². The number of rotatable bonds is 4. The van der Waals surface area contributed by atoms with Crippen LogP contribution in [-0.4, -0.2) is 21.4 Å². The van der Waals surface area contributed by atoms with E-state index in [1.807, 2.05) is 30.9 Å². The number of nitrogens with one attached hydrogen (secondary N) is 1. The molecule has 0 spiro atoms. The number of aromatic nitrogens is 3. The number of thiazole rings is 1. The van der Waals surface area contributed by atoms with Crippen molar-refractivity contribution in [2.75, 3.05) is 7.05 Å². The lowest BCUT2D eigenvalue weighted by Gasteiger charge is -2.16. The number of hydrogen-bond acceptors (Lipinski definition) is 4. The molecule has 98 valence electrons. The summed E-state index contributed by atoms with van der Waals surface area (Å²) < 4.78 is 2.07. The topological polar surface area (TPSA) is 42.2 Å². The summed E-state index contributed by atoms with van der Waals surface area (Å²) in [6, 6.07) is 4.27. The molecule has 0 bridgehead atoms. The van der Waals surface area contributed by atoms with Gasteiger partial charge in [-0.2, -0.15) is 0 Å². The maximum absolute atomic E-state index is 4.63. The van der Waals surface area contributed by atoms with Crippen LogP contribution in [-0.2, 0) is 6.42 Å². The van der Waals surface area contributed by atoms with Gasteiger partial charge in [0.15, 0.2) is 4.96 Å². The molecule has 0 aliphatic carbocycles. The number of nitrogens with zero attached hydrogens (tertiary/aromatic N) is 3. The Morgan fingerprint density at radius 3 is 3.11 bits per heavy atom. The van der Waals surface area contributed by atoms with Gasteiger partial charge in [0.25, 0.3) is 0 Å². The Balaban J connectivity index is 1.87. The van der Waals surface area contributed by atoms with Gasteiger partial charge in [0.2, 0.25) is 0 Å². The van der Waals surface area contributed by atoms with Crippen LogP contribution in [0.2, 0.25) is 0 Å². The molecule has 0 radical (unpaired) electrons. The van der Waals surface area contributed by atoms with Crippen molar-refractivity contribution in [3.05, 3.63) is 53.1 Å². The lowest BCUT2D eigenvalue weighted by molar-refractivity contribution is 0.567. The van der Waals surface area contributed by atoms with E-state index in [2.05, 4.69) is 38.9 Å². The van der Waals surface area contributed by atoms with Crippen molar-refractivity contribution >= 4 is 16.3 Å². The quantitative estimate of drug-likeness (QED) is 0.794. The molecule has 1 atom stereocenters. The average Bonchev–Trinajstić information content (AvgIpc) is 2.97. The van der Waals surface area contributed by atoms with Gasteiger partial charge in [-0.05, 0) is 25.6 Å². The van der Waals surface area contributed by atoms with Crippen LogP contribution in [0.15, 0.2) is 36.1 Å². The Morgan fingerprint density at radius 2 is 2.37 bits per heavy atom. The maximum Gasteiger partial charge on any atom is 0.193 e. The minimum absolute atomic E-state index is 0.200. The lowest BCUT2D eigenvalue weighted by atomic mass is 10.0. The fraction of sp³-hybridized carbons (Fsp3) is 0.286. The minimum atomic E-state index is 0.200. The summed E-state index contributed by atoms with van der Waals surface area (Å²) in [6.07, 6.45) is 6.83. The lowest BCUT2D eigenvalue weighted by Crippen LogP contribution is -2.21. The number of hydrogen-bond donors (Lipinski definition) is 1. The number of imidazole rings is 1. The van der Waals surface area contributed by atoms with E-state index in [4.69, 9.17) is 0 Å². The highest BCUT2D eigenvalue weighted by Gasteiger charge is 2.15. The largest absolute Gasteiger partial charge is 0.311 e. The van der Waals surface area contributed by atoms with Crippen molar-refractivity contribution < 1.29 is 0 Å². The molecule has 3 rings (SSSR count). The molecule has 0 saturated heterocycles. The molecule has 0 aliphatic rings. The number of aryl methyl sites for hydroxylation is 1. The smallest absolute Gasteiger partial charge is 0.193 e. The fourth-order valence-corrected chi connectivity index (χ4v) is 3.00. The monoisotopic (exact) mass is 272 g/mol. The summed E-state index contributed by atoms with van der Waals surface area (Å²) in [5.74, 6) is 0. The highest BCUT2D eigenvalue weighted by atomic mass is 32.1. The first-order chi connectivity index (χ1) is 9.28. The molecule has 0 amide bonds. The molecule has 3 aromatic heterocycles. The van der Waals surface area contributed by atoms with E-state index in [9.17, 15) is 0 Å². The van der Waals surface area contributed by atoms with Crippen molar-refractivity contribution in [1.29, 1.82) is 0 Å². The van der Waals surface area contributed by atoms with E-state index in [-0.39, 0.29) is 6.04 Å². The molecule has 0 aliphatic heterocycles. The summed E-state index contributed by atoms with van der Waals surface area (Å²) in [5, 5.41) is 5.38. The van der Waals surface area contributed by atoms with E-state index >= 15 is 0 Å². The standard InChI is InChI=1S/C14H16N4S/c1-10-4-3-5-16-13(10)12(15-2)8-11-9-18-6-7-19-14(18)17-11/h3-7,9,12,15H,8H2,1-2H3. The normalized spacial score (nSPS) is 12.9. The molecule has 3 aromatic rings. The zero-order valence-corrected chi connectivity index (χ0v) is 11.8. The second-order valence-electron chi connectivity index (χ2n) is 4.58. The molecule has 0 fully saturated rings. The average molecular weight is 272 g/mol. The SMILES string of the molecule is CNC(Cc1cn2ccsc2n1)c1ncccc1C. The van der Waals surface area contributed by atoms with Crippen LogP contribution in [0.5, 0.6) is 0 Å². The molecule has 19 heavy (non-hydrogen) atoms. The third-order valence-electron chi connectivity index (χ3n) is 3.28. The maximum atomic E-state index is 4.63. The summed E-state index contributed by atoms with van der Waals surface area (Å²) in [6.45, 7) is 2.10. The van der Waals surface area contributed by atoms with E-state index < -0.39 is 0 Å². The van der Waals surface area contributed by atoms with Crippen molar-refractivity contribution in [1.82, 2.24) is 19.7 Å². The Morgan fingerprint density at radius 1 is 1.47 bits per heavy atom. The predicted molar refractivity (Wildman–Crippen MR) is 77.5 cm³/mol. The Hall–Kier alpha value is -1.72. The van der Waals surface area contributed by atoms with E-state index in [1.165, 1.54) is 5.56 Å². The second-order valence-corrected chi connectivity index (χ2v) is 5.45. The Labute approximate surface area is 116 Å². The summed E-state index contributed by atoms with van der Waals surface area (Å²) >= 11 is 1.66. The van der Waals surface area contributed by atoms with Crippen molar-refractivity contribution in [2.24, 2.45) is 0 Å². The first-order valence-corrected chi connectivity index (χ1v) is 7.16. The van der Waals surface area contributed by atoms with Crippen molar-refractivity contribution in [2.45, 2.75) is 19.4 Å². The molecule has 1 N–H and O–H groups in total. The van der Waals surface area contributed by atoms with Crippen LogP contribution in [0.25, 0.3) is 4.96 Å². The molecular weight excluding hydrogens is 256 g/mol. The van der Waals surface area contributed by atoms with E-state index in [1.54, 1.807) is 11.3 Å². The third-order valence-corrected chi connectivity index (χ3v) is 4.06. The van der Waals surface area contributed by atoms with Crippen LogP contribution in [0.1, 0.15) is 23.0 Å². The first-order valence-electron chi connectivity index (χ1n) is 6.28. The van der Waals surface area contributed by atoms with Gasteiger partial charge >= 0.3 is 0 Å². The zero-order valence-electron chi connectivity index (χ0n) is 11.0. The van der Waals surface area contributed by atoms with Gasteiger partial charge in [0.05, 0.1) is 17.4 Å². The van der Waals surface area contributed by atoms with Crippen LogP contribution in [0.3, 0.4) is 0 Å². The zero-order chi connectivity index (χ0) is 13.2. The predicted octanol–water partition coefficient (Wildman–Crippen LogP) is 2.60. The van der Waals surface area contributed by atoms with Gasteiger partial charge in [0, 0.05) is 30.4 Å². The minimum Gasteiger partial charge on any atom is -0.311 e. The number of fused-ring (bicyclic) bond motifs is 1. The van der Waals surface area contributed by atoms with Gasteiger partial charge in [-0.1, -0.05) is 6.07 Å². The van der Waals surface area contributed by atoms with Gasteiger partial charge in [-0.15, -0.1) is 11.3 Å². The molecule has 4 nitrogen and oxygen atoms in total. The third kappa shape index (κ3) is 2.39. The molecule has 0 aromatic carbocycles. The number of likely N-dealkylation sites (N-methyl/N-ethyl adjacent to an activating group) is 1. The van der Waals surface area contributed by atoms with Gasteiger partial charge in [-0.25, -0.2) is 4.98 Å². The molecule has 1 unspecified atom stereocenters. The summed E-state index contributed by atoms with van der Waals surface area (Å²) in [4.78, 5) is 10.2. The fourth-order valence-electron chi connectivity index (χ4n) is 2.28. The Kier molecular flexibility index (Phi) is 3.31. The first kappa shape index (κ1) is 12.3. The van der Waals surface area contributed by atoms with Crippen LogP contribution >= 0.6 is 11.3 Å². The Bertz CT molecular complexity index is 657. The van der Waals surface area contributed by atoms with E-state index in [0.29, 0.717) is 0 Å². The van der Waals surface area contributed by atoms with Gasteiger partial charge in [-0.3, -0.25) is 9.38 Å². The van der Waals surface area contributed by atoms with E-state index in [0.717, 1.165) is 22.8 Å². The molecule has 5 heteroatoms. The molecular formula is C14H16N4S. The van der Waals surface area contributed by atoms with Crippen molar-refractivity contribution in [3.8, 4) is 0 Å². The summed E-state index contributed by atoms with van der Waals surface area (Å²) in [7, 11) is 1.97. The second kappa shape index (κ2) is 5.11. The summed E-state index contributed by atoms with van der Waals surface area (Å²) in [5.41, 5.74) is 3.40. The van der Waals surface area contributed by atoms with Crippen LogP contribution < -0.4 is 5.32 Å². The van der Waals surface area contributed by atoms with Gasteiger partial charge < -0.3 is 5.32 Å². The highest BCUT2D eigenvalue weighted by molar-refractivity contribution is 7.15.